The average molecular weight is 446 g/mol. The number of aryl methyl sites for hydroxylation is 1. The van der Waals surface area contributed by atoms with Crippen molar-refractivity contribution in [2.45, 2.75) is 10.9 Å². The van der Waals surface area contributed by atoms with Gasteiger partial charge in [-0.15, -0.1) is 6.58 Å². The summed E-state index contributed by atoms with van der Waals surface area (Å²) in [6, 6.07) is 4.63. The minimum Gasteiger partial charge on any atom is -0.488 e. The van der Waals surface area contributed by atoms with Crippen molar-refractivity contribution in [1.29, 1.82) is 5.26 Å². The molecule has 0 spiro atoms. The number of amides is 1. The Kier molecular flexibility index (Phi) is 5.09. The first-order chi connectivity index (χ1) is 14.7. The summed E-state index contributed by atoms with van der Waals surface area (Å²) in [6.07, 6.45) is 2.94. The van der Waals surface area contributed by atoms with Crippen LogP contribution in [0.3, 0.4) is 0 Å². The average Bonchev–Trinajstić information content (AvgIpc) is 2.97. The van der Waals surface area contributed by atoms with Gasteiger partial charge in [0.2, 0.25) is 10.0 Å². The number of aromatic nitrogens is 1. The standard InChI is InChI=1S/C20H19FN4O5S/c1-3-20(10-29-11-20)16-9-30-18-15(31(27,28)24-16)8-25(2)17(18)19(26)23-13-4-5-14(21)12(6-13)7-22/h3-6,8,16,24H,1,9-11H2,2H3,(H,23,26)/t16-/m1/s1. The fourth-order valence-corrected chi connectivity index (χ4v) is 5.08. The van der Waals surface area contributed by atoms with Crippen LogP contribution in [0.5, 0.6) is 5.75 Å². The number of nitrogens with zero attached hydrogens (tertiary/aromatic N) is 2. The molecule has 31 heavy (non-hydrogen) atoms. The number of halogens is 1. The zero-order chi connectivity index (χ0) is 22.4. The lowest BCUT2D eigenvalue weighted by Gasteiger charge is -2.44. The van der Waals surface area contributed by atoms with Crippen molar-refractivity contribution in [2.75, 3.05) is 25.1 Å². The van der Waals surface area contributed by atoms with Crippen molar-refractivity contribution < 1.29 is 27.1 Å². The van der Waals surface area contributed by atoms with E-state index in [0.717, 1.165) is 6.07 Å². The van der Waals surface area contributed by atoms with Crippen molar-refractivity contribution in [1.82, 2.24) is 9.29 Å². The first-order valence-corrected chi connectivity index (χ1v) is 10.8. The number of carbonyl (C=O) groups excluding carboxylic acids is 1. The largest absolute Gasteiger partial charge is 0.488 e. The van der Waals surface area contributed by atoms with Crippen LogP contribution in [0.25, 0.3) is 0 Å². The molecule has 1 saturated heterocycles. The summed E-state index contributed by atoms with van der Waals surface area (Å²) < 4.78 is 54.5. The van der Waals surface area contributed by atoms with E-state index in [2.05, 4.69) is 16.6 Å². The molecule has 0 aliphatic carbocycles. The SMILES string of the molecule is C=CC1([C@H]2COc3c(cn(C)c3C(=O)Nc3ccc(F)c(C#N)c3)S(=O)(=O)N2)COC1. The molecule has 1 atom stereocenters. The summed E-state index contributed by atoms with van der Waals surface area (Å²) in [5, 5.41) is 11.5. The monoisotopic (exact) mass is 446 g/mol. The van der Waals surface area contributed by atoms with E-state index in [9.17, 15) is 17.6 Å². The summed E-state index contributed by atoms with van der Waals surface area (Å²) in [6.45, 7) is 4.38. The van der Waals surface area contributed by atoms with Gasteiger partial charge in [0.15, 0.2) is 11.4 Å². The third-order valence-electron chi connectivity index (χ3n) is 5.49. The van der Waals surface area contributed by atoms with E-state index < -0.39 is 33.2 Å². The second kappa shape index (κ2) is 7.49. The second-order valence-electron chi connectivity index (χ2n) is 7.46. The van der Waals surface area contributed by atoms with E-state index >= 15 is 0 Å². The van der Waals surface area contributed by atoms with Crippen LogP contribution in [-0.4, -0.2) is 44.8 Å². The summed E-state index contributed by atoms with van der Waals surface area (Å²) >= 11 is 0. The van der Waals surface area contributed by atoms with Crippen LogP contribution in [0, 0.1) is 22.6 Å². The molecular formula is C20H19FN4O5S. The summed E-state index contributed by atoms with van der Waals surface area (Å²) in [4.78, 5) is 12.8. The van der Waals surface area contributed by atoms with Crippen molar-refractivity contribution in [3.05, 3.63) is 54.1 Å². The molecule has 1 fully saturated rings. The molecule has 1 amide bonds. The quantitative estimate of drug-likeness (QED) is 0.687. The van der Waals surface area contributed by atoms with E-state index in [1.165, 1.54) is 29.9 Å². The number of hydrogen-bond donors (Lipinski definition) is 2. The highest BCUT2D eigenvalue weighted by molar-refractivity contribution is 7.89. The number of hydrogen-bond acceptors (Lipinski definition) is 6. The van der Waals surface area contributed by atoms with Gasteiger partial charge in [-0.3, -0.25) is 4.79 Å². The number of benzene rings is 1. The fourth-order valence-electron chi connectivity index (χ4n) is 3.58. The smallest absolute Gasteiger partial charge is 0.276 e. The number of nitriles is 1. The Morgan fingerprint density at radius 1 is 1.48 bits per heavy atom. The van der Waals surface area contributed by atoms with Gasteiger partial charge in [0.25, 0.3) is 5.91 Å². The van der Waals surface area contributed by atoms with Crippen LogP contribution in [0.1, 0.15) is 16.1 Å². The molecule has 0 radical (unpaired) electrons. The molecule has 9 nitrogen and oxygen atoms in total. The maximum absolute atomic E-state index is 13.5. The summed E-state index contributed by atoms with van der Waals surface area (Å²) in [7, 11) is -2.48. The van der Waals surface area contributed by atoms with Gasteiger partial charge >= 0.3 is 0 Å². The van der Waals surface area contributed by atoms with Crippen LogP contribution in [0.4, 0.5) is 10.1 Å². The predicted molar refractivity (Wildman–Crippen MR) is 108 cm³/mol. The Labute approximate surface area is 178 Å². The van der Waals surface area contributed by atoms with Crippen molar-refractivity contribution >= 4 is 21.6 Å². The van der Waals surface area contributed by atoms with E-state index in [4.69, 9.17) is 14.7 Å². The van der Waals surface area contributed by atoms with Crippen molar-refractivity contribution in [3.63, 3.8) is 0 Å². The lowest BCUT2D eigenvalue weighted by molar-refractivity contribution is -0.103. The molecule has 2 aliphatic rings. The number of carbonyl (C=O) groups is 1. The molecule has 4 rings (SSSR count). The highest BCUT2D eigenvalue weighted by Crippen LogP contribution is 2.38. The molecule has 11 heteroatoms. The Morgan fingerprint density at radius 3 is 2.84 bits per heavy atom. The van der Waals surface area contributed by atoms with Crippen LogP contribution in [-0.2, 0) is 21.8 Å². The van der Waals surface area contributed by atoms with Gasteiger partial charge in [0, 0.05) is 18.9 Å². The van der Waals surface area contributed by atoms with Crippen molar-refractivity contribution in [3.8, 4) is 11.8 Å². The molecule has 3 heterocycles. The van der Waals surface area contributed by atoms with Gasteiger partial charge in [-0.1, -0.05) is 6.08 Å². The molecule has 162 valence electrons. The molecule has 0 unspecified atom stereocenters. The lowest BCUT2D eigenvalue weighted by Crippen LogP contribution is -2.58. The number of rotatable bonds is 4. The van der Waals surface area contributed by atoms with E-state index in [1.54, 1.807) is 12.1 Å². The Morgan fingerprint density at radius 2 is 2.23 bits per heavy atom. The molecule has 2 aliphatic heterocycles. The van der Waals surface area contributed by atoms with Gasteiger partial charge < -0.3 is 19.4 Å². The minimum atomic E-state index is -3.99. The molecule has 0 bridgehead atoms. The Balaban J connectivity index is 1.67. The van der Waals surface area contributed by atoms with E-state index in [-0.39, 0.29) is 34.2 Å². The van der Waals surface area contributed by atoms with Gasteiger partial charge in [-0.25, -0.2) is 17.5 Å². The highest BCUT2D eigenvalue weighted by Gasteiger charge is 2.48. The van der Waals surface area contributed by atoms with Crippen LogP contribution in [0.2, 0.25) is 0 Å². The zero-order valence-corrected chi connectivity index (χ0v) is 17.3. The van der Waals surface area contributed by atoms with Crippen molar-refractivity contribution in [2.24, 2.45) is 12.5 Å². The third-order valence-corrected chi connectivity index (χ3v) is 6.95. The van der Waals surface area contributed by atoms with Gasteiger partial charge in [0.05, 0.1) is 30.2 Å². The molecular weight excluding hydrogens is 427 g/mol. The van der Waals surface area contributed by atoms with E-state index in [1.807, 2.05) is 0 Å². The van der Waals surface area contributed by atoms with Gasteiger partial charge in [0.1, 0.15) is 23.4 Å². The molecule has 2 aromatic rings. The fraction of sp³-hybridized carbons (Fsp3) is 0.300. The number of anilines is 1. The maximum Gasteiger partial charge on any atom is 0.276 e. The number of nitrogens with one attached hydrogen (secondary N) is 2. The number of ether oxygens (including phenoxy) is 2. The minimum absolute atomic E-state index is 0.0265. The molecule has 1 aromatic heterocycles. The Hall–Kier alpha value is -3.20. The topological polar surface area (TPSA) is 122 Å². The maximum atomic E-state index is 13.5. The Bertz CT molecular complexity index is 1230. The first-order valence-electron chi connectivity index (χ1n) is 9.27. The predicted octanol–water partition coefficient (Wildman–Crippen LogP) is 1.53. The highest BCUT2D eigenvalue weighted by atomic mass is 32.2. The van der Waals surface area contributed by atoms with Gasteiger partial charge in [-0.05, 0) is 18.2 Å². The number of sulfonamides is 1. The lowest BCUT2D eigenvalue weighted by atomic mass is 9.79. The van der Waals surface area contributed by atoms with Gasteiger partial charge in [-0.2, -0.15) is 5.26 Å². The molecule has 2 N–H and O–H groups in total. The van der Waals surface area contributed by atoms with Crippen LogP contribution < -0.4 is 14.8 Å². The second-order valence-corrected chi connectivity index (χ2v) is 9.14. The summed E-state index contributed by atoms with van der Waals surface area (Å²) in [5.41, 5.74) is -0.668. The van der Waals surface area contributed by atoms with Crippen LogP contribution >= 0.6 is 0 Å². The zero-order valence-electron chi connectivity index (χ0n) is 16.5. The molecule has 1 aromatic carbocycles. The normalized spacial score (nSPS) is 20.9. The number of fused-ring (bicyclic) bond motifs is 1. The van der Waals surface area contributed by atoms with Crippen LogP contribution in [0.15, 0.2) is 41.9 Å². The summed E-state index contributed by atoms with van der Waals surface area (Å²) in [5.74, 6) is -1.47. The first kappa shape index (κ1) is 21.0. The van der Waals surface area contributed by atoms with E-state index in [0.29, 0.717) is 13.2 Å². The molecule has 0 saturated carbocycles. The third kappa shape index (κ3) is 3.48.